The highest BCUT2D eigenvalue weighted by Gasteiger charge is 2.26. The third-order valence-corrected chi connectivity index (χ3v) is 3.66. The first-order valence-corrected chi connectivity index (χ1v) is 6.97. The van der Waals surface area contributed by atoms with Crippen LogP contribution < -0.4 is 5.32 Å². The molecule has 1 saturated heterocycles. The second-order valence-electron chi connectivity index (χ2n) is 5.33. The van der Waals surface area contributed by atoms with E-state index >= 15 is 0 Å². The van der Waals surface area contributed by atoms with Crippen LogP contribution in [0.1, 0.15) is 25.7 Å². The van der Waals surface area contributed by atoms with Gasteiger partial charge in [-0.2, -0.15) is 0 Å². The number of benzene rings is 1. The molecule has 0 saturated carbocycles. The maximum atomic E-state index is 13.1. The van der Waals surface area contributed by atoms with Crippen molar-refractivity contribution in [2.24, 2.45) is 5.92 Å². The van der Waals surface area contributed by atoms with Crippen molar-refractivity contribution < 1.29 is 18.4 Å². The SMILES string of the molecule is CN1CCCCC(CC(=O)Nc2ccc(F)c(F)c2)C1=O. The normalized spacial score (nSPS) is 19.3. The minimum absolute atomic E-state index is 0.0343. The second-order valence-corrected chi connectivity index (χ2v) is 5.33. The van der Waals surface area contributed by atoms with Gasteiger partial charge in [-0.3, -0.25) is 9.59 Å². The van der Waals surface area contributed by atoms with Gasteiger partial charge in [-0.1, -0.05) is 6.42 Å². The zero-order valence-electron chi connectivity index (χ0n) is 11.9. The van der Waals surface area contributed by atoms with Gasteiger partial charge in [-0.15, -0.1) is 0 Å². The van der Waals surface area contributed by atoms with E-state index in [4.69, 9.17) is 0 Å². The molecule has 114 valence electrons. The molecule has 4 nitrogen and oxygen atoms in total. The maximum absolute atomic E-state index is 13.1. The van der Waals surface area contributed by atoms with Gasteiger partial charge in [-0.25, -0.2) is 8.78 Å². The van der Waals surface area contributed by atoms with Crippen molar-refractivity contribution in [3.05, 3.63) is 29.8 Å². The minimum Gasteiger partial charge on any atom is -0.346 e. The molecule has 1 atom stereocenters. The lowest BCUT2D eigenvalue weighted by atomic mass is 9.98. The predicted molar refractivity (Wildman–Crippen MR) is 74.6 cm³/mol. The third-order valence-electron chi connectivity index (χ3n) is 3.66. The van der Waals surface area contributed by atoms with Gasteiger partial charge in [0.15, 0.2) is 11.6 Å². The summed E-state index contributed by atoms with van der Waals surface area (Å²) in [6.07, 6.45) is 2.57. The van der Waals surface area contributed by atoms with Crippen molar-refractivity contribution in [2.45, 2.75) is 25.7 Å². The monoisotopic (exact) mass is 296 g/mol. The summed E-state index contributed by atoms with van der Waals surface area (Å²) in [4.78, 5) is 25.7. The topological polar surface area (TPSA) is 49.4 Å². The van der Waals surface area contributed by atoms with Crippen molar-refractivity contribution in [3.8, 4) is 0 Å². The lowest BCUT2D eigenvalue weighted by Crippen LogP contribution is -2.33. The van der Waals surface area contributed by atoms with Crippen LogP contribution in [0.15, 0.2) is 18.2 Å². The van der Waals surface area contributed by atoms with Crippen LogP contribution in [-0.4, -0.2) is 30.3 Å². The van der Waals surface area contributed by atoms with Crippen LogP contribution >= 0.6 is 0 Å². The largest absolute Gasteiger partial charge is 0.346 e. The van der Waals surface area contributed by atoms with Crippen molar-refractivity contribution in [3.63, 3.8) is 0 Å². The molecular weight excluding hydrogens is 278 g/mol. The molecule has 0 aromatic heterocycles. The molecule has 0 spiro atoms. The Balaban J connectivity index is 1.97. The zero-order valence-corrected chi connectivity index (χ0v) is 11.9. The van der Waals surface area contributed by atoms with E-state index in [9.17, 15) is 18.4 Å². The molecule has 0 bridgehead atoms. The number of hydrogen-bond donors (Lipinski definition) is 1. The first kappa shape index (κ1) is 15.4. The molecule has 6 heteroatoms. The van der Waals surface area contributed by atoms with Gasteiger partial charge in [0.2, 0.25) is 11.8 Å². The molecule has 0 aliphatic carbocycles. The summed E-state index contributed by atoms with van der Waals surface area (Å²) in [7, 11) is 1.73. The lowest BCUT2D eigenvalue weighted by molar-refractivity contribution is -0.135. The number of halogens is 2. The highest BCUT2D eigenvalue weighted by Crippen LogP contribution is 2.21. The average Bonchev–Trinajstić information content (AvgIpc) is 2.58. The van der Waals surface area contributed by atoms with Gasteiger partial charge in [-0.05, 0) is 25.0 Å². The number of likely N-dealkylation sites (tertiary alicyclic amines) is 1. The Labute approximate surface area is 122 Å². The average molecular weight is 296 g/mol. The lowest BCUT2D eigenvalue weighted by Gasteiger charge is -2.19. The van der Waals surface area contributed by atoms with E-state index in [0.29, 0.717) is 13.0 Å². The first-order chi connectivity index (χ1) is 9.97. The molecule has 21 heavy (non-hydrogen) atoms. The van der Waals surface area contributed by atoms with Crippen molar-refractivity contribution in [1.82, 2.24) is 4.90 Å². The van der Waals surface area contributed by atoms with Crippen LogP contribution in [0.4, 0.5) is 14.5 Å². The Hall–Kier alpha value is -1.98. The Kier molecular flexibility index (Phi) is 4.88. The van der Waals surface area contributed by atoms with Crippen LogP contribution in [0.3, 0.4) is 0 Å². The Bertz CT molecular complexity index is 548. The standard InChI is InChI=1S/C15H18F2N2O2/c1-19-7-3-2-4-10(15(19)21)8-14(20)18-11-5-6-12(16)13(17)9-11/h5-6,9-10H,2-4,7-8H2,1H3,(H,18,20). The fourth-order valence-electron chi connectivity index (χ4n) is 2.48. The maximum Gasteiger partial charge on any atom is 0.225 e. The molecule has 1 N–H and O–H groups in total. The summed E-state index contributed by atoms with van der Waals surface area (Å²) >= 11 is 0. The van der Waals surface area contributed by atoms with E-state index in [1.54, 1.807) is 11.9 Å². The van der Waals surface area contributed by atoms with E-state index < -0.39 is 11.6 Å². The summed E-state index contributed by atoms with van der Waals surface area (Å²) in [6.45, 7) is 0.708. The van der Waals surface area contributed by atoms with E-state index in [0.717, 1.165) is 25.0 Å². The second kappa shape index (κ2) is 6.65. The molecule has 0 radical (unpaired) electrons. The van der Waals surface area contributed by atoms with Gasteiger partial charge in [0, 0.05) is 37.7 Å². The van der Waals surface area contributed by atoms with E-state index in [1.165, 1.54) is 6.07 Å². The molecule has 1 unspecified atom stereocenters. The Morgan fingerprint density at radius 2 is 2.10 bits per heavy atom. The molecule has 2 rings (SSSR count). The van der Waals surface area contributed by atoms with Gasteiger partial charge in [0.1, 0.15) is 0 Å². The van der Waals surface area contributed by atoms with E-state index in [2.05, 4.69) is 5.32 Å². The van der Waals surface area contributed by atoms with Gasteiger partial charge in [0.25, 0.3) is 0 Å². The summed E-state index contributed by atoms with van der Waals surface area (Å²) in [6, 6.07) is 3.17. The number of rotatable bonds is 3. The number of nitrogens with zero attached hydrogens (tertiary/aromatic N) is 1. The van der Waals surface area contributed by atoms with Crippen molar-refractivity contribution in [2.75, 3.05) is 18.9 Å². The van der Waals surface area contributed by atoms with Crippen molar-refractivity contribution in [1.29, 1.82) is 0 Å². The number of amides is 2. The van der Waals surface area contributed by atoms with Crippen LogP contribution in [-0.2, 0) is 9.59 Å². The summed E-state index contributed by atoms with van der Waals surface area (Å²) in [5, 5.41) is 2.50. The predicted octanol–water partition coefficient (Wildman–Crippen LogP) is 2.55. The Morgan fingerprint density at radius 3 is 2.81 bits per heavy atom. The molecular formula is C15H18F2N2O2. The fraction of sp³-hybridized carbons (Fsp3) is 0.467. The van der Waals surface area contributed by atoms with Crippen molar-refractivity contribution >= 4 is 17.5 Å². The van der Waals surface area contributed by atoms with Gasteiger partial charge < -0.3 is 10.2 Å². The number of carbonyl (C=O) groups excluding carboxylic acids is 2. The number of anilines is 1. The van der Waals surface area contributed by atoms with Gasteiger partial charge >= 0.3 is 0 Å². The van der Waals surface area contributed by atoms with Crippen LogP contribution in [0.2, 0.25) is 0 Å². The molecule has 1 aliphatic heterocycles. The third kappa shape index (κ3) is 4.00. The molecule has 2 amide bonds. The molecule has 1 aliphatic rings. The molecule has 1 heterocycles. The highest BCUT2D eigenvalue weighted by molar-refractivity contribution is 5.94. The number of hydrogen-bond acceptors (Lipinski definition) is 2. The summed E-state index contributed by atoms with van der Waals surface area (Å²) in [5.74, 6) is -2.72. The molecule has 1 aromatic carbocycles. The fourth-order valence-corrected chi connectivity index (χ4v) is 2.48. The smallest absolute Gasteiger partial charge is 0.225 e. The Morgan fingerprint density at radius 1 is 1.33 bits per heavy atom. The number of carbonyl (C=O) groups is 2. The van der Waals surface area contributed by atoms with E-state index in [-0.39, 0.29) is 29.8 Å². The van der Waals surface area contributed by atoms with Crippen LogP contribution in [0.5, 0.6) is 0 Å². The first-order valence-electron chi connectivity index (χ1n) is 6.97. The zero-order chi connectivity index (χ0) is 15.4. The molecule has 1 fully saturated rings. The summed E-state index contributed by atoms with van der Waals surface area (Å²) < 4.78 is 25.9. The van der Waals surface area contributed by atoms with Crippen LogP contribution in [0.25, 0.3) is 0 Å². The van der Waals surface area contributed by atoms with Crippen LogP contribution in [0, 0.1) is 17.6 Å². The quantitative estimate of drug-likeness (QED) is 0.932. The van der Waals surface area contributed by atoms with E-state index in [1.807, 2.05) is 0 Å². The minimum atomic E-state index is -1.02. The summed E-state index contributed by atoms with van der Waals surface area (Å²) in [5.41, 5.74) is 0.188. The highest BCUT2D eigenvalue weighted by atomic mass is 19.2. The molecule has 1 aromatic rings. The van der Waals surface area contributed by atoms with Gasteiger partial charge in [0.05, 0.1) is 0 Å². The number of nitrogens with one attached hydrogen (secondary N) is 1.